The maximum atomic E-state index is 13.5. The summed E-state index contributed by atoms with van der Waals surface area (Å²) in [5.41, 5.74) is 2.70. The largest absolute Gasteiger partial charge is 0.460 e. The smallest absolute Gasteiger partial charge is 0.268 e. The molecular formula is C18H19FN2O3. The van der Waals surface area contributed by atoms with E-state index in [1.807, 2.05) is 23.6 Å². The Morgan fingerprint density at radius 1 is 1.33 bits per heavy atom. The Kier molecular flexibility index (Phi) is 4.66. The molecule has 0 radical (unpaired) electrons. The van der Waals surface area contributed by atoms with E-state index in [2.05, 4.69) is 5.32 Å². The third kappa shape index (κ3) is 3.33. The van der Waals surface area contributed by atoms with Crippen molar-refractivity contribution < 1.29 is 18.3 Å². The summed E-state index contributed by atoms with van der Waals surface area (Å²) in [4.78, 5) is 12.4. The molecule has 0 aliphatic carbocycles. The van der Waals surface area contributed by atoms with Crippen LogP contribution in [0, 0.1) is 12.7 Å². The number of nitrogens with zero attached hydrogens (tertiary/aromatic N) is 1. The van der Waals surface area contributed by atoms with Gasteiger partial charge in [-0.1, -0.05) is 12.1 Å². The van der Waals surface area contributed by atoms with Gasteiger partial charge < -0.3 is 19.0 Å². The quantitative estimate of drug-likeness (QED) is 0.707. The molecule has 2 heterocycles. The number of aromatic nitrogens is 1. The Morgan fingerprint density at radius 2 is 2.17 bits per heavy atom. The fourth-order valence-electron chi connectivity index (χ4n) is 2.70. The number of methoxy groups -OCH3 is 1. The van der Waals surface area contributed by atoms with Gasteiger partial charge in [0.15, 0.2) is 5.58 Å². The summed E-state index contributed by atoms with van der Waals surface area (Å²) < 4.78 is 25.9. The molecule has 24 heavy (non-hydrogen) atoms. The number of carbonyl (C=O) groups excluding carboxylic acids is 1. The maximum absolute atomic E-state index is 13.5. The minimum absolute atomic E-state index is 0.215. The molecule has 3 aromatic rings. The summed E-state index contributed by atoms with van der Waals surface area (Å²) >= 11 is 0. The highest BCUT2D eigenvalue weighted by Gasteiger charge is 2.18. The van der Waals surface area contributed by atoms with Crippen LogP contribution in [0.3, 0.4) is 0 Å². The van der Waals surface area contributed by atoms with Gasteiger partial charge in [0.2, 0.25) is 0 Å². The van der Waals surface area contributed by atoms with Gasteiger partial charge in [0.25, 0.3) is 5.91 Å². The zero-order valence-electron chi connectivity index (χ0n) is 13.6. The monoisotopic (exact) mass is 330 g/mol. The lowest BCUT2D eigenvalue weighted by molar-refractivity contribution is 0.0928. The Hall–Kier alpha value is -2.60. The molecule has 5 nitrogen and oxygen atoms in total. The van der Waals surface area contributed by atoms with E-state index < -0.39 is 0 Å². The summed E-state index contributed by atoms with van der Waals surface area (Å²) in [6.07, 6.45) is 0. The van der Waals surface area contributed by atoms with Crippen LogP contribution in [0.15, 0.2) is 40.8 Å². The highest BCUT2D eigenvalue weighted by atomic mass is 19.1. The number of amides is 1. The van der Waals surface area contributed by atoms with Crippen molar-refractivity contribution in [2.24, 2.45) is 0 Å². The van der Waals surface area contributed by atoms with Gasteiger partial charge in [0.1, 0.15) is 17.3 Å². The zero-order valence-corrected chi connectivity index (χ0v) is 13.6. The third-order valence-corrected chi connectivity index (χ3v) is 3.77. The highest BCUT2D eigenvalue weighted by Crippen LogP contribution is 2.25. The van der Waals surface area contributed by atoms with Gasteiger partial charge in [-0.05, 0) is 24.6 Å². The molecule has 2 aromatic heterocycles. The normalized spacial score (nSPS) is 11.1. The number of carbonyl (C=O) groups is 1. The van der Waals surface area contributed by atoms with Gasteiger partial charge in [-0.15, -0.1) is 0 Å². The van der Waals surface area contributed by atoms with Gasteiger partial charge >= 0.3 is 0 Å². The second-order valence-corrected chi connectivity index (χ2v) is 5.60. The first kappa shape index (κ1) is 16.3. The van der Waals surface area contributed by atoms with E-state index in [1.54, 1.807) is 19.2 Å². The molecule has 0 saturated carbocycles. The number of rotatable bonds is 6. The standard InChI is InChI=1S/C18H19FN2O3/c1-12-8-15-17(24-12)10-16(18(22)20-6-7-23-2)21(15)11-13-4-3-5-14(19)9-13/h3-5,8-10H,6-7,11H2,1-2H3,(H,20,22). The topological polar surface area (TPSA) is 56.4 Å². The molecule has 1 aromatic carbocycles. The fourth-order valence-corrected chi connectivity index (χ4v) is 2.70. The Morgan fingerprint density at radius 3 is 2.92 bits per heavy atom. The summed E-state index contributed by atoms with van der Waals surface area (Å²) in [5, 5.41) is 2.80. The number of nitrogens with one attached hydrogen (secondary N) is 1. The predicted molar refractivity (Wildman–Crippen MR) is 88.7 cm³/mol. The van der Waals surface area contributed by atoms with Crippen LogP contribution in [0.1, 0.15) is 21.8 Å². The van der Waals surface area contributed by atoms with E-state index >= 15 is 0 Å². The number of aryl methyl sites for hydroxylation is 1. The van der Waals surface area contributed by atoms with E-state index in [0.29, 0.717) is 31.0 Å². The van der Waals surface area contributed by atoms with Crippen molar-refractivity contribution >= 4 is 17.0 Å². The summed E-state index contributed by atoms with van der Waals surface area (Å²) in [5.74, 6) is 0.247. The summed E-state index contributed by atoms with van der Waals surface area (Å²) in [6.45, 7) is 3.09. The van der Waals surface area contributed by atoms with Gasteiger partial charge in [-0.2, -0.15) is 0 Å². The average molecular weight is 330 g/mol. The third-order valence-electron chi connectivity index (χ3n) is 3.77. The van der Waals surface area contributed by atoms with Crippen LogP contribution in [0.5, 0.6) is 0 Å². The van der Waals surface area contributed by atoms with Crippen LogP contribution in [0.4, 0.5) is 4.39 Å². The molecule has 0 bridgehead atoms. The minimum Gasteiger partial charge on any atom is -0.460 e. The molecular weight excluding hydrogens is 311 g/mol. The molecule has 0 aliphatic rings. The highest BCUT2D eigenvalue weighted by molar-refractivity contribution is 5.97. The lowest BCUT2D eigenvalue weighted by Crippen LogP contribution is -2.29. The molecule has 1 N–H and O–H groups in total. The van der Waals surface area contributed by atoms with Crippen molar-refractivity contribution in [2.75, 3.05) is 20.3 Å². The molecule has 0 spiro atoms. The van der Waals surface area contributed by atoms with Gasteiger partial charge in [0, 0.05) is 32.3 Å². The van der Waals surface area contributed by atoms with Crippen LogP contribution in [0.2, 0.25) is 0 Å². The second-order valence-electron chi connectivity index (χ2n) is 5.60. The maximum Gasteiger partial charge on any atom is 0.268 e. The number of fused-ring (bicyclic) bond motifs is 1. The van der Waals surface area contributed by atoms with Crippen LogP contribution in [-0.4, -0.2) is 30.7 Å². The van der Waals surface area contributed by atoms with Gasteiger partial charge in [0.05, 0.1) is 12.1 Å². The molecule has 0 atom stereocenters. The van der Waals surface area contributed by atoms with E-state index in [9.17, 15) is 9.18 Å². The predicted octanol–water partition coefficient (Wildman–Crippen LogP) is 3.11. The van der Waals surface area contributed by atoms with Crippen molar-refractivity contribution in [1.82, 2.24) is 9.88 Å². The van der Waals surface area contributed by atoms with Crippen LogP contribution in [-0.2, 0) is 11.3 Å². The van der Waals surface area contributed by atoms with Crippen molar-refractivity contribution in [3.63, 3.8) is 0 Å². The van der Waals surface area contributed by atoms with Gasteiger partial charge in [-0.25, -0.2) is 4.39 Å². The molecule has 1 amide bonds. The lowest BCUT2D eigenvalue weighted by atomic mass is 10.2. The number of benzene rings is 1. The van der Waals surface area contributed by atoms with Crippen molar-refractivity contribution in [1.29, 1.82) is 0 Å². The zero-order chi connectivity index (χ0) is 17.1. The minimum atomic E-state index is -0.301. The molecule has 6 heteroatoms. The Bertz CT molecular complexity index is 866. The number of hydrogen-bond donors (Lipinski definition) is 1. The van der Waals surface area contributed by atoms with Crippen molar-refractivity contribution in [3.8, 4) is 0 Å². The SMILES string of the molecule is COCCNC(=O)c1cc2oc(C)cc2n1Cc1cccc(F)c1. The first-order chi connectivity index (χ1) is 11.6. The molecule has 0 unspecified atom stereocenters. The first-order valence-electron chi connectivity index (χ1n) is 7.69. The van der Waals surface area contributed by atoms with Crippen molar-refractivity contribution in [2.45, 2.75) is 13.5 Å². The van der Waals surface area contributed by atoms with E-state index in [0.717, 1.165) is 16.8 Å². The lowest BCUT2D eigenvalue weighted by Gasteiger charge is -2.11. The molecule has 0 saturated heterocycles. The molecule has 0 fully saturated rings. The second kappa shape index (κ2) is 6.88. The fraction of sp³-hybridized carbons (Fsp3) is 0.278. The first-order valence-corrected chi connectivity index (χ1v) is 7.69. The van der Waals surface area contributed by atoms with Gasteiger partial charge in [-0.3, -0.25) is 4.79 Å². The number of halogens is 1. The number of furan rings is 1. The van der Waals surface area contributed by atoms with Crippen LogP contribution < -0.4 is 5.32 Å². The average Bonchev–Trinajstić information content (AvgIpc) is 3.05. The van der Waals surface area contributed by atoms with Crippen LogP contribution >= 0.6 is 0 Å². The van der Waals surface area contributed by atoms with Crippen LogP contribution in [0.25, 0.3) is 11.1 Å². The van der Waals surface area contributed by atoms with E-state index in [1.165, 1.54) is 12.1 Å². The summed E-state index contributed by atoms with van der Waals surface area (Å²) in [7, 11) is 1.58. The molecule has 3 rings (SSSR count). The Balaban J connectivity index is 1.96. The molecule has 126 valence electrons. The molecule has 0 aliphatic heterocycles. The van der Waals surface area contributed by atoms with Crippen molar-refractivity contribution in [3.05, 3.63) is 59.2 Å². The number of ether oxygens (including phenoxy) is 1. The van der Waals surface area contributed by atoms with E-state index in [-0.39, 0.29) is 11.7 Å². The van der Waals surface area contributed by atoms with E-state index in [4.69, 9.17) is 9.15 Å². The Labute approximate surface area is 139 Å². The summed E-state index contributed by atoms with van der Waals surface area (Å²) in [6, 6.07) is 9.93. The number of hydrogen-bond acceptors (Lipinski definition) is 3.